The summed E-state index contributed by atoms with van der Waals surface area (Å²) < 4.78 is 1.73. The van der Waals surface area contributed by atoms with E-state index < -0.39 is 0 Å². The summed E-state index contributed by atoms with van der Waals surface area (Å²) in [6, 6.07) is 12.4. The number of nitrogen functional groups attached to an aromatic ring is 1. The predicted molar refractivity (Wildman–Crippen MR) is 77.9 cm³/mol. The number of thioether (sulfide) groups is 1. The molecule has 0 aliphatic carbocycles. The van der Waals surface area contributed by atoms with E-state index in [1.165, 1.54) is 17.3 Å². The fraction of sp³-hybridized carbons (Fsp3) is 0.286. The molecule has 4 nitrogen and oxygen atoms in total. The Morgan fingerprint density at radius 2 is 2.11 bits per heavy atom. The molecule has 19 heavy (non-hydrogen) atoms. The standard InChI is InChI=1S/C14H16N4S/c1-19-14-12(10-15)13(16)18(17-14)9-5-8-11-6-3-2-4-7-11/h2-4,6-7H,5,8-9,16H2,1H3. The number of aromatic nitrogens is 2. The van der Waals surface area contributed by atoms with Gasteiger partial charge in [-0.3, -0.25) is 0 Å². The minimum atomic E-state index is 0.472. The van der Waals surface area contributed by atoms with Crippen LogP contribution in [-0.2, 0) is 13.0 Å². The van der Waals surface area contributed by atoms with Crippen molar-refractivity contribution < 1.29 is 0 Å². The number of rotatable bonds is 5. The van der Waals surface area contributed by atoms with Crippen LogP contribution >= 0.6 is 11.8 Å². The minimum absolute atomic E-state index is 0.472. The highest BCUT2D eigenvalue weighted by Gasteiger charge is 2.13. The quantitative estimate of drug-likeness (QED) is 0.850. The molecule has 2 N–H and O–H groups in total. The molecule has 1 aromatic heterocycles. The summed E-state index contributed by atoms with van der Waals surface area (Å²) in [5.41, 5.74) is 7.73. The lowest BCUT2D eigenvalue weighted by Crippen LogP contribution is -2.06. The number of nitriles is 1. The summed E-state index contributed by atoms with van der Waals surface area (Å²) in [5, 5.41) is 14.1. The molecular weight excluding hydrogens is 256 g/mol. The van der Waals surface area contributed by atoms with E-state index in [-0.39, 0.29) is 0 Å². The van der Waals surface area contributed by atoms with Crippen molar-refractivity contribution >= 4 is 17.6 Å². The highest BCUT2D eigenvalue weighted by molar-refractivity contribution is 7.98. The molecule has 0 unspecified atom stereocenters. The summed E-state index contributed by atoms with van der Waals surface area (Å²) >= 11 is 1.45. The van der Waals surface area contributed by atoms with Gasteiger partial charge in [0.25, 0.3) is 0 Å². The second-order valence-corrected chi connectivity index (χ2v) is 4.99. The minimum Gasteiger partial charge on any atom is -0.383 e. The Hall–Kier alpha value is -1.93. The molecule has 0 bridgehead atoms. The summed E-state index contributed by atoms with van der Waals surface area (Å²) in [5.74, 6) is 0.472. The van der Waals surface area contributed by atoms with Crippen LogP contribution in [0.3, 0.4) is 0 Å². The van der Waals surface area contributed by atoms with Gasteiger partial charge >= 0.3 is 0 Å². The number of nitrogens with two attached hydrogens (primary N) is 1. The van der Waals surface area contributed by atoms with E-state index in [9.17, 15) is 0 Å². The third-order valence-electron chi connectivity index (χ3n) is 2.94. The lowest BCUT2D eigenvalue weighted by atomic mass is 10.1. The Labute approximate surface area is 117 Å². The SMILES string of the molecule is CSc1nn(CCCc2ccccc2)c(N)c1C#N. The first-order valence-electron chi connectivity index (χ1n) is 6.10. The molecule has 98 valence electrons. The first kappa shape index (κ1) is 13.5. The molecular formula is C14H16N4S. The molecule has 2 rings (SSSR count). The van der Waals surface area contributed by atoms with Crippen LogP contribution in [0, 0.1) is 11.3 Å². The van der Waals surface area contributed by atoms with Gasteiger partial charge in [-0.1, -0.05) is 30.3 Å². The fourth-order valence-electron chi connectivity index (χ4n) is 1.95. The average Bonchev–Trinajstić information content (AvgIpc) is 2.76. The van der Waals surface area contributed by atoms with Gasteiger partial charge in [0.15, 0.2) is 0 Å². The maximum Gasteiger partial charge on any atom is 0.140 e. The molecule has 0 aliphatic heterocycles. The molecule has 0 saturated carbocycles. The first-order chi connectivity index (χ1) is 9.26. The van der Waals surface area contributed by atoms with Crippen molar-refractivity contribution in [3.8, 4) is 6.07 Å². The third kappa shape index (κ3) is 3.09. The number of benzene rings is 1. The predicted octanol–water partition coefficient (Wildman–Crippen LogP) is 2.69. The lowest BCUT2D eigenvalue weighted by molar-refractivity contribution is 0.575. The van der Waals surface area contributed by atoms with Gasteiger partial charge in [-0.05, 0) is 24.7 Å². The molecule has 0 fully saturated rings. The van der Waals surface area contributed by atoms with E-state index in [0.717, 1.165) is 19.4 Å². The highest BCUT2D eigenvalue weighted by atomic mass is 32.2. The topological polar surface area (TPSA) is 67.6 Å². The monoisotopic (exact) mass is 272 g/mol. The van der Waals surface area contributed by atoms with Crippen LogP contribution in [0.2, 0.25) is 0 Å². The number of nitrogens with zero attached hydrogens (tertiary/aromatic N) is 3. The van der Waals surface area contributed by atoms with Crippen molar-refractivity contribution in [2.45, 2.75) is 24.4 Å². The number of hydrogen-bond acceptors (Lipinski definition) is 4. The molecule has 0 spiro atoms. The molecule has 1 heterocycles. The van der Waals surface area contributed by atoms with E-state index in [1.807, 2.05) is 24.5 Å². The van der Waals surface area contributed by atoms with Crippen molar-refractivity contribution in [2.24, 2.45) is 0 Å². The van der Waals surface area contributed by atoms with E-state index in [1.54, 1.807) is 4.68 Å². The van der Waals surface area contributed by atoms with Crippen molar-refractivity contribution in [2.75, 3.05) is 12.0 Å². The summed E-state index contributed by atoms with van der Waals surface area (Å²) in [4.78, 5) is 0. The van der Waals surface area contributed by atoms with Crippen molar-refractivity contribution in [3.05, 3.63) is 41.5 Å². The zero-order valence-electron chi connectivity index (χ0n) is 10.8. The van der Waals surface area contributed by atoms with Crippen molar-refractivity contribution in [1.82, 2.24) is 9.78 Å². The van der Waals surface area contributed by atoms with Gasteiger partial charge in [0.1, 0.15) is 22.5 Å². The van der Waals surface area contributed by atoms with Crippen LogP contribution < -0.4 is 5.73 Å². The lowest BCUT2D eigenvalue weighted by Gasteiger charge is -2.04. The van der Waals surface area contributed by atoms with E-state index in [0.29, 0.717) is 16.4 Å². The smallest absolute Gasteiger partial charge is 0.140 e. The second-order valence-electron chi connectivity index (χ2n) is 4.19. The van der Waals surface area contributed by atoms with Gasteiger partial charge in [0.05, 0.1) is 0 Å². The molecule has 0 amide bonds. The third-order valence-corrected chi connectivity index (χ3v) is 3.62. The van der Waals surface area contributed by atoms with E-state index in [4.69, 9.17) is 11.0 Å². The Kier molecular flexibility index (Phi) is 4.48. The maximum absolute atomic E-state index is 9.05. The zero-order chi connectivity index (χ0) is 13.7. The molecule has 0 saturated heterocycles. The maximum atomic E-state index is 9.05. The van der Waals surface area contributed by atoms with Crippen molar-refractivity contribution in [1.29, 1.82) is 5.26 Å². The van der Waals surface area contributed by atoms with Crippen LogP contribution in [0.1, 0.15) is 17.5 Å². The van der Waals surface area contributed by atoms with Gasteiger partial charge in [0, 0.05) is 6.54 Å². The zero-order valence-corrected chi connectivity index (χ0v) is 11.7. The molecule has 2 aromatic rings. The Balaban J connectivity index is 2.01. The highest BCUT2D eigenvalue weighted by Crippen LogP contribution is 2.23. The summed E-state index contributed by atoms with van der Waals surface area (Å²) in [6.07, 6.45) is 3.84. The molecule has 0 atom stereocenters. The van der Waals surface area contributed by atoms with Gasteiger partial charge in [-0.25, -0.2) is 4.68 Å². The largest absolute Gasteiger partial charge is 0.383 e. The summed E-state index contributed by atoms with van der Waals surface area (Å²) in [6.45, 7) is 0.732. The normalized spacial score (nSPS) is 10.3. The van der Waals surface area contributed by atoms with Gasteiger partial charge in [-0.2, -0.15) is 10.4 Å². The molecule has 5 heteroatoms. The Morgan fingerprint density at radius 3 is 2.68 bits per heavy atom. The van der Waals surface area contributed by atoms with Crippen LogP contribution in [0.4, 0.5) is 5.82 Å². The molecule has 1 aromatic carbocycles. The van der Waals surface area contributed by atoms with Crippen LogP contribution in [-0.4, -0.2) is 16.0 Å². The number of hydrogen-bond donors (Lipinski definition) is 1. The fourth-order valence-corrected chi connectivity index (χ4v) is 2.48. The number of anilines is 1. The Bertz CT molecular complexity index is 583. The van der Waals surface area contributed by atoms with Crippen molar-refractivity contribution in [3.63, 3.8) is 0 Å². The molecule has 0 aliphatic rings. The molecule has 0 radical (unpaired) electrons. The summed E-state index contributed by atoms with van der Waals surface area (Å²) in [7, 11) is 0. The van der Waals surface area contributed by atoms with Crippen LogP contribution in [0.25, 0.3) is 0 Å². The van der Waals surface area contributed by atoms with Crippen LogP contribution in [0.5, 0.6) is 0 Å². The van der Waals surface area contributed by atoms with Gasteiger partial charge in [-0.15, -0.1) is 11.8 Å². The van der Waals surface area contributed by atoms with Gasteiger partial charge < -0.3 is 5.73 Å². The Morgan fingerprint density at radius 1 is 1.37 bits per heavy atom. The van der Waals surface area contributed by atoms with E-state index in [2.05, 4.69) is 23.3 Å². The first-order valence-corrected chi connectivity index (χ1v) is 7.33. The average molecular weight is 272 g/mol. The van der Waals surface area contributed by atoms with Crippen LogP contribution in [0.15, 0.2) is 35.4 Å². The number of aryl methyl sites for hydroxylation is 2. The van der Waals surface area contributed by atoms with Gasteiger partial charge in [0.2, 0.25) is 0 Å². The van der Waals surface area contributed by atoms with E-state index >= 15 is 0 Å². The second kappa shape index (κ2) is 6.30.